The molecule has 1 amide bonds. The Morgan fingerprint density at radius 2 is 2.29 bits per heavy atom. The van der Waals surface area contributed by atoms with E-state index in [4.69, 9.17) is 0 Å². The number of carbonyl (C=O) groups excluding carboxylic acids is 1. The van der Waals surface area contributed by atoms with Crippen molar-refractivity contribution in [2.75, 3.05) is 19.6 Å². The van der Waals surface area contributed by atoms with Crippen LogP contribution in [0.4, 0.5) is 4.39 Å². The van der Waals surface area contributed by atoms with Crippen LogP contribution in [0.2, 0.25) is 0 Å². The van der Waals surface area contributed by atoms with E-state index < -0.39 is 5.82 Å². The maximum absolute atomic E-state index is 13.8. The van der Waals surface area contributed by atoms with E-state index >= 15 is 0 Å². The second-order valence-corrected chi connectivity index (χ2v) is 4.54. The van der Waals surface area contributed by atoms with Crippen LogP contribution < -0.4 is 5.32 Å². The molecule has 1 atom stereocenters. The average molecular weight is 236 g/mol. The highest BCUT2D eigenvalue weighted by Crippen LogP contribution is 2.15. The molecule has 0 aromatic heterocycles. The van der Waals surface area contributed by atoms with Gasteiger partial charge in [0.1, 0.15) is 5.82 Å². The van der Waals surface area contributed by atoms with Gasteiger partial charge in [0.05, 0.1) is 5.56 Å². The normalized spacial score (nSPS) is 20.4. The number of nitrogens with zero attached hydrogens (tertiary/aromatic N) is 1. The number of piperazine rings is 1. The minimum atomic E-state index is -0.399. The molecule has 1 aliphatic rings. The molecule has 1 fully saturated rings. The maximum atomic E-state index is 13.8. The van der Waals surface area contributed by atoms with Crippen LogP contribution >= 0.6 is 0 Å². The van der Waals surface area contributed by atoms with Crippen molar-refractivity contribution in [3.8, 4) is 0 Å². The van der Waals surface area contributed by atoms with Crippen LogP contribution in [0.1, 0.15) is 22.8 Å². The summed E-state index contributed by atoms with van der Waals surface area (Å²) in [4.78, 5) is 13.9. The molecule has 4 heteroatoms. The summed E-state index contributed by atoms with van der Waals surface area (Å²) in [5.41, 5.74) is 0.693. The lowest BCUT2D eigenvalue weighted by atomic mass is 10.1. The molecule has 0 radical (unpaired) electrons. The molecule has 0 bridgehead atoms. The average Bonchev–Trinajstić information content (AvgIpc) is 2.32. The first-order valence-corrected chi connectivity index (χ1v) is 5.87. The van der Waals surface area contributed by atoms with Gasteiger partial charge in [-0.05, 0) is 25.5 Å². The van der Waals surface area contributed by atoms with Gasteiger partial charge in [0.2, 0.25) is 0 Å². The van der Waals surface area contributed by atoms with Gasteiger partial charge in [-0.15, -0.1) is 0 Å². The van der Waals surface area contributed by atoms with E-state index in [0.29, 0.717) is 18.7 Å². The quantitative estimate of drug-likeness (QED) is 0.802. The molecule has 1 aliphatic heterocycles. The summed E-state index contributed by atoms with van der Waals surface area (Å²) in [6, 6.07) is 5.21. The fraction of sp³-hybridized carbons (Fsp3) is 0.462. The number of aryl methyl sites for hydroxylation is 1. The number of nitrogens with one attached hydrogen (secondary N) is 1. The minimum absolute atomic E-state index is 0.180. The van der Waals surface area contributed by atoms with E-state index in [1.54, 1.807) is 30.0 Å². The van der Waals surface area contributed by atoms with Gasteiger partial charge in [-0.3, -0.25) is 4.79 Å². The molecule has 1 saturated heterocycles. The highest BCUT2D eigenvalue weighted by Gasteiger charge is 2.23. The number of amides is 1. The lowest BCUT2D eigenvalue weighted by Crippen LogP contribution is -2.51. The van der Waals surface area contributed by atoms with Gasteiger partial charge >= 0.3 is 0 Å². The summed E-state index contributed by atoms with van der Waals surface area (Å²) < 4.78 is 13.8. The van der Waals surface area contributed by atoms with E-state index in [2.05, 4.69) is 5.32 Å². The van der Waals surface area contributed by atoms with Gasteiger partial charge in [-0.1, -0.05) is 12.1 Å². The van der Waals surface area contributed by atoms with Crippen LogP contribution in [0.5, 0.6) is 0 Å². The molecule has 3 nitrogen and oxygen atoms in total. The molecule has 1 aromatic rings. The summed E-state index contributed by atoms with van der Waals surface area (Å²) in [5.74, 6) is -0.608. The van der Waals surface area contributed by atoms with Crippen LogP contribution in [0.3, 0.4) is 0 Å². The van der Waals surface area contributed by atoms with E-state index in [0.717, 1.165) is 6.54 Å². The standard InChI is InChI=1S/C13H17FN2O/c1-9-4-3-5-11(12(9)14)13(17)16-7-6-15-10(2)8-16/h3-5,10,15H,6-8H2,1-2H3/t10-/m1/s1. The molecule has 92 valence electrons. The van der Waals surface area contributed by atoms with Gasteiger partial charge in [0.25, 0.3) is 5.91 Å². The molecule has 1 aromatic carbocycles. The zero-order chi connectivity index (χ0) is 12.4. The summed E-state index contributed by atoms with van der Waals surface area (Å²) in [5, 5.41) is 3.26. The van der Waals surface area contributed by atoms with Crippen molar-refractivity contribution < 1.29 is 9.18 Å². The second-order valence-electron chi connectivity index (χ2n) is 4.54. The smallest absolute Gasteiger partial charge is 0.256 e. The SMILES string of the molecule is Cc1cccc(C(=O)N2CCN[C@H](C)C2)c1F. The Kier molecular flexibility index (Phi) is 3.43. The number of benzene rings is 1. The van der Waals surface area contributed by atoms with Crippen LogP contribution in [0, 0.1) is 12.7 Å². The summed E-state index contributed by atoms with van der Waals surface area (Å²) in [6.45, 7) is 5.72. The summed E-state index contributed by atoms with van der Waals surface area (Å²) in [7, 11) is 0. The van der Waals surface area contributed by atoms with Crippen LogP contribution in [-0.2, 0) is 0 Å². The summed E-state index contributed by atoms with van der Waals surface area (Å²) in [6.07, 6.45) is 0. The van der Waals surface area contributed by atoms with Gasteiger partial charge < -0.3 is 10.2 Å². The van der Waals surface area contributed by atoms with Crippen molar-refractivity contribution in [3.05, 3.63) is 35.1 Å². The van der Waals surface area contributed by atoms with Crippen molar-refractivity contribution in [2.45, 2.75) is 19.9 Å². The Balaban J connectivity index is 2.22. The highest BCUT2D eigenvalue weighted by molar-refractivity contribution is 5.94. The molecule has 0 unspecified atom stereocenters. The number of hydrogen-bond acceptors (Lipinski definition) is 2. The Bertz CT molecular complexity index is 433. The molecule has 0 aliphatic carbocycles. The third-order valence-electron chi connectivity index (χ3n) is 3.08. The highest BCUT2D eigenvalue weighted by atomic mass is 19.1. The van der Waals surface area contributed by atoms with E-state index in [1.165, 1.54) is 0 Å². The van der Waals surface area contributed by atoms with Gasteiger partial charge in [-0.2, -0.15) is 0 Å². The fourth-order valence-corrected chi connectivity index (χ4v) is 2.10. The molecule has 0 saturated carbocycles. The monoisotopic (exact) mass is 236 g/mol. The molecule has 0 spiro atoms. The lowest BCUT2D eigenvalue weighted by molar-refractivity contribution is 0.0704. The number of halogens is 1. The van der Waals surface area contributed by atoms with Crippen molar-refractivity contribution >= 4 is 5.91 Å². The van der Waals surface area contributed by atoms with E-state index in [1.807, 2.05) is 6.92 Å². The first kappa shape index (κ1) is 12.0. The first-order valence-electron chi connectivity index (χ1n) is 5.87. The van der Waals surface area contributed by atoms with Crippen molar-refractivity contribution in [3.63, 3.8) is 0 Å². The topological polar surface area (TPSA) is 32.3 Å². The van der Waals surface area contributed by atoms with Gasteiger partial charge in [0, 0.05) is 25.7 Å². The minimum Gasteiger partial charge on any atom is -0.336 e. The Labute approximate surface area is 101 Å². The van der Waals surface area contributed by atoms with Crippen molar-refractivity contribution in [1.29, 1.82) is 0 Å². The Hall–Kier alpha value is -1.42. The van der Waals surface area contributed by atoms with Crippen molar-refractivity contribution in [1.82, 2.24) is 10.2 Å². The summed E-state index contributed by atoms with van der Waals surface area (Å²) >= 11 is 0. The third-order valence-corrected chi connectivity index (χ3v) is 3.08. The predicted molar refractivity (Wildman–Crippen MR) is 64.5 cm³/mol. The predicted octanol–water partition coefficient (Wildman–Crippen LogP) is 1.57. The molecule has 17 heavy (non-hydrogen) atoms. The molecule has 1 N–H and O–H groups in total. The van der Waals surface area contributed by atoms with Gasteiger partial charge in [0.15, 0.2) is 0 Å². The Morgan fingerprint density at radius 3 is 3.00 bits per heavy atom. The van der Waals surface area contributed by atoms with Crippen LogP contribution in [0.25, 0.3) is 0 Å². The van der Waals surface area contributed by atoms with Crippen molar-refractivity contribution in [2.24, 2.45) is 0 Å². The number of carbonyl (C=O) groups is 1. The number of hydrogen-bond donors (Lipinski definition) is 1. The van der Waals surface area contributed by atoms with E-state index in [-0.39, 0.29) is 17.5 Å². The molecule has 1 heterocycles. The number of rotatable bonds is 1. The van der Waals surface area contributed by atoms with Crippen LogP contribution in [0.15, 0.2) is 18.2 Å². The lowest BCUT2D eigenvalue weighted by Gasteiger charge is -2.32. The maximum Gasteiger partial charge on any atom is 0.256 e. The Morgan fingerprint density at radius 1 is 1.53 bits per heavy atom. The van der Waals surface area contributed by atoms with Gasteiger partial charge in [-0.25, -0.2) is 4.39 Å². The molecule has 2 rings (SSSR count). The molecular weight excluding hydrogens is 219 g/mol. The first-order chi connectivity index (χ1) is 8.09. The molecular formula is C13H17FN2O. The fourth-order valence-electron chi connectivity index (χ4n) is 2.10. The third kappa shape index (κ3) is 2.47. The zero-order valence-electron chi connectivity index (χ0n) is 10.2. The van der Waals surface area contributed by atoms with Crippen LogP contribution in [-0.4, -0.2) is 36.5 Å². The van der Waals surface area contributed by atoms with E-state index in [9.17, 15) is 9.18 Å². The second kappa shape index (κ2) is 4.84. The largest absolute Gasteiger partial charge is 0.336 e. The zero-order valence-corrected chi connectivity index (χ0v) is 10.2.